The Labute approximate surface area is 150 Å². The first-order valence-electron chi connectivity index (χ1n) is 7.92. The Morgan fingerprint density at radius 3 is 2.46 bits per heavy atom. The number of hydrogen-bond donors (Lipinski definition) is 1. The van der Waals surface area contributed by atoms with Crippen molar-refractivity contribution < 1.29 is 9.53 Å². The first-order chi connectivity index (χ1) is 11.8. The van der Waals surface area contributed by atoms with Gasteiger partial charge in [-0.25, -0.2) is 0 Å². The van der Waals surface area contributed by atoms with Gasteiger partial charge in [-0.1, -0.05) is 0 Å². The fraction of sp³-hybridized carbons (Fsp3) is 0.250. The molecule has 1 amide bonds. The topological polar surface area (TPSA) is 38.3 Å². The van der Waals surface area contributed by atoms with E-state index in [0.29, 0.717) is 13.2 Å². The van der Waals surface area contributed by atoms with E-state index in [1.807, 2.05) is 55.5 Å². The number of hydrogen-bond acceptors (Lipinski definition) is 2. The molecule has 1 atom stereocenters. The summed E-state index contributed by atoms with van der Waals surface area (Å²) in [5.74, 6) is 3.05. The maximum atomic E-state index is 12.1. The zero-order chi connectivity index (χ0) is 17.0. The zero-order valence-electron chi connectivity index (χ0n) is 13.7. The Bertz CT molecular complexity index is 677. The molecule has 124 valence electrons. The summed E-state index contributed by atoms with van der Waals surface area (Å²) in [6.07, 6.45) is -0.0881. The molecule has 1 unspecified atom stereocenters. The molecule has 0 bridgehead atoms. The van der Waals surface area contributed by atoms with Crippen molar-refractivity contribution >= 4 is 25.3 Å². The SMILES string of the molecule is CCOC(C#C[Se]c1ccccc1)CC(=O)NCc1ccccc1. The van der Waals surface area contributed by atoms with Crippen LogP contribution >= 0.6 is 0 Å². The van der Waals surface area contributed by atoms with E-state index < -0.39 is 0 Å². The van der Waals surface area contributed by atoms with Crippen molar-refractivity contribution in [2.75, 3.05) is 6.61 Å². The Kier molecular flexibility index (Phi) is 8.13. The molecule has 0 aliphatic rings. The molecular weight excluding hydrogens is 365 g/mol. The number of benzene rings is 2. The molecule has 4 heteroatoms. The Hall–Kier alpha value is -2.05. The van der Waals surface area contributed by atoms with Gasteiger partial charge < -0.3 is 0 Å². The van der Waals surface area contributed by atoms with Gasteiger partial charge in [0, 0.05) is 0 Å². The van der Waals surface area contributed by atoms with Crippen LogP contribution in [0, 0.1) is 10.7 Å². The molecule has 2 aromatic rings. The van der Waals surface area contributed by atoms with Crippen LogP contribution in [-0.2, 0) is 16.1 Å². The number of carbonyl (C=O) groups is 1. The van der Waals surface area contributed by atoms with Gasteiger partial charge in [-0.3, -0.25) is 0 Å². The molecule has 0 saturated heterocycles. The molecule has 0 fully saturated rings. The van der Waals surface area contributed by atoms with Crippen LogP contribution < -0.4 is 9.78 Å². The minimum absolute atomic E-state index is 0.0428. The number of rotatable bonds is 7. The summed E-state index contributed by atoms with van der Waals surface area (Å²) in [6.45, 7) is 2.99. The second-order valence-electron chi connectivity index (χ2n) is 5.07. The van der Waals surface area contributed by atoms with Crippen molar-refractivity contribution in [1.82, 2.24) is 5.32 Å². The van der Waals surface area contributed by atoms with Gasteiger partial charge in [0.1, 0.15) is 0 Å². The van der Waals surface area contributed by atoms with Crippen molar-refractivity contribution in [3.63, 3.8) is 0 Å². The van der Waals surface area contributed by atoms with Gasteiger partial charge in [0.25, 0.3) is 0 Å². The van der Waals surface area contributed by atoms with Gasteiger partial charge in [-0.2, -0.15) is 0 Å². The van der Waals surface area contributed by atoms with E-state index in [2.05, 4.69) is 28.2 Å². The van der Waals surface area contributed by atoms with Crippen molar-refractivity contribution in [3.05, 3.63) is 66.2 Å². The average molecular weight is 386 g/mol. The standard InChI is InChI=1S/C20H21NO2Se/c1-2-23-18(13-14-24-19-11-7-4-8-12-19)15-20(22)21-16-17-9-5-3-6-10-17/h3-12,18H,2,15-16H2,1H3,(H,21,22). The molecule has 0 radical (unpaired) electrons. The second kappa shape index (κ2) is 10.7. The van der Waals surface area contributed by atoms with Gasteiger partial charge in [0.2, 0.25) is 0 Å². The van der Waals surface area contributed by atoms with Gasteiger partial charge in [-0.15, -0.1) is 0 Å². The summed E-state index contributed by atoms with van der Waals surface area (Å²) in [7, 11) is 0. The van der Waals surface area contributed by atoms with E-state index in [0.717, 1.165) is 5.56 Å². The van der Waals surface area contributed by atoms with E-state index in [4.69, 9.17) is 4.74 Å². The average Bonchev–Trinajstić information content (AvgIpc) is 2.62. The molecule has 1 N–H and O–H groups in total. The first-order valence-corrected chi connectivity index (χ1v) is 9.64. The first kappa shape index (κ1) is 18.3. The Morgan fingerprint density at radius 1 is 1.12 bits per heavy atom. The van der Waals surface area contributed by atoms with Crippen LogP contribution in [0.4, 0.5) is 0 Å². The molecule has 0 heterocycles. The van der Waals surface area contributed by atoms with Gasteiger partial charge in [0.15, 0.2) is 0 Å². The van der Waals surface area contributed by atoms with Crippen molar-refractivity contribution in [2.24, 2.45) is 0 Å². The Morgan fingerprint density at radius 2 is 1.79 bits per heavy atom. The molecule has 0 aromatic heterocycles. The summed E-state index contributed by atoms with van der Waals surface area (Å²) < 4.78 is 6.80. The predicted octanol–water partition coefficient (Wildman–Crippen LogP) is 2.09. The molecule has 0 spiro atoms. The van der Waals surface area contributed by atoms with Crippen LogP contribution in [0.3, 0.4) is 0 Å². The van der Waals surface area contributed by atoms with E-state index in [1.165, 1.54) is 4.46 Å². The van der Waals surface area contributed by atoms with Crippen LogP contribution in [0.1, 0.15) is 18.9 Å². The fourth-order valence-electron chi connectivity index (χ4n) is 2.03. The maximum absolute atomic E-state index is 12.1. The fourth-order valence-corrected chi connectivity index (χ4v) is 3.29. The van der Waals surface area contributed by atoms with Crippen LogP contribution in [0.5, 0.6) is 0 Å². The molecule has 0 aliphatic carbocycles. The summed E-state index contributed by atoms with van der Waals surface area (Å²) in [4.78, 5) is 15.3. The third kappa shape index (κ3) is 7.02. The summed E-state index contributed by atoms with van der Waals surface area (Å²) >= 11 is 0.0805. The van der Waals surface area contributed by atoms with Crippen LogP contribution in [0.2, 0.25) is 0 Å². The van der Waals surface area contributed by atoms with Crippen molar-refractivity contribution in [3.8, 4) is 10.7 Å². The molecule has 3 nitrogen and oxygen atoms in total. The normalized spacial score (nSPS) is 11.2. The number of amides is 1. The summed E-state index contributed by atoms with van der Waals surface area (Å²) in [5.41, 5.74) is 1.08. The third-order valence-corrected chi connectivity index (χ3v) is 4.73. The van der Waals surface area contributed by atoms with Crippen LogP contribution in [-0.4, -0.2) is 33.6 Å². The van der Waals surface area contributed by atoms with Gasteiger partial charge >= 0.3 is 150 Å². The van der Waals surface area contributed by atoms with Gasteiger partial charge in [-0.05, 0) is 0 Å². The number of ether oxygens (including phenoxy) is 1. The van der Waals surface area contributed by atoms with E-state index in [-0.39, 0.29) is 33.4 Å². The van der Waals surface area contributed by atoms with Gasteiger partial charge in [0.05, 0.1) is 0 Å². The summed E-state index contributed by atoms with van der Waals surface area (Å²) in [6, 6.07) is 20.0. The molecule has 2 rings (SSSR count). The predicted molar refractivity (Wildman–Crippen MR) is 97.9 cm³/mol. The second-order valence-corrected chi connectivity index (χ2v) is 6.92. The molecule has 0 aliphatic heterocycles. The van der Waals surface area contributed by atoms with Crippen molar-refractivity contribution in [2.45, 2.75) is 26.0 Å². The summed E-state index contributed by atoms with van der Waals surface area (Å²) in [5, 5.41) is 2.91. The van der Waals surface area contributed by atoms with E-state index >= 15 is 0 Å². The molecule has 24 heavy (non-hydrogen) atoms. The van der Waals surface area contributed by atoms with Crippen molar-refractivity contribution in [1.29, 1.82) is 0 Å². The van der Waals surface area contributed by atoms with E-state index in [1.54, 1.807) is 0 Å². The minimum atomic E-state index is -0.351. The zero-order valence-corrected chi connectivity index (χ0v) is 15.4. The number of carbonyl (C=O) groups excluding carboxylic acids is 1. The Balaban J connectivity index is 1.82. The molecule has 2 aromatic carbocycles. The molecule has 0 saturated carbocycles. The third-order valence-electron chi connectivity index (χ3n) is 3.20. The number of nitrogens with one attached hydrogen (secondary N) is 1. The van der Waals surface area contributed by atoms with E-state index in [9.17, 15) is 4.79 Å². The molecular formula is C20H21NO2Se. The van der Waals surface area contributed by atoms with Crippen LogP contribution in [0.15, 0.2) is 60.7 Å². The monoisotopic (exact) mass is 387 g/mol. The van der Waals surface area contributed by atoms with Crippen LogP contribution in [0.25, 0.3) is 0 Å². The quantitative estimate of drug-likeness (QED) is 0.585.